The van der Waals surface area contributed by atoms with E-state index in [1.165, 1.54) is 14.2 Å². The molecule has 26 heavy (non-hydrogen) atoms. The van der Waals surface area contributed by atoms with E-state index in [0.29, 0.717) is 18.5 Å². The molecule has 0 aromatic heterocycles. The number of hydrogen-bond acceptors (Lipinski definition) is 6. The van der Waals surface area contributed by atoms with E-state index in [4.69, 9.17) is 4.74 Å². The maximum atomic E-state index is 12.1. The second kappa shape index (κ2) is 9.79. The number of carbonyl (C=O) groups is 3. The molecule has 1 aromatic carbocycles. The van der Waals surface area contributed by atoms with Crippen LogP contribution in [0.2, 0.25) is 0 Å². The van der Waals surface area contributed by atoms with Gasteiger partial charge in [-0.15, -0.1) is 0 Å². The summed E-state index contributed by atoms with van der Waals surface area (Å²) in [5.74, 6) is -0.676. The van der Waals surface area contributed by atoms with Gasteiger partial charge in [0.15, 0.2) is 0 Å². The Morgan fingerprint density at radius 3 is 2.08 bits per heavy atom. The summed E-state index contributed by atoms with van der Waals surface area (Å²) in [6.07, 6.45) is 0.594. The number of carbonyl (C=O) groups excluding carboxylic acids is 3. The highest BCUT2D eigenvalue weighted by Gasteiger charge is 2.19. The lowest BCUT2D eigenvalue weighted by Gasteiger charge is -2.21. The summed E-state index contributed by atoms with van der Waals surface area (Å²) in [5.41, 5.74) is 1.55. The molecule has 0 spiro atoms. The van der Waals surface area contributed by atoms with Crippen molar-refractivity contribution in [2.75, 3.05) is 19.5 Å². The highest BCUT2D eigenvalue weighted by Crippen LogP contribution is 2.24. The van der Waals surface area contributed by atoms with Crippen LogP contribution >= 0.6 is 0 Å². The van der Waals surface area contributed by atoms with E-state index in [-0.39, 0.29) is 24.8 Å². The predicted octanol–water partition coefficient (Wildman–Crippen LogP) is 3.24. The van der Waals surface area contributed by atoms with Crippen molar-refractivity contribution in [3.63, 3.8) is 0 Å². The molecular weight excluding hydrogens is 338 g/mol. The zero-order chi connectivity index (χ0) is 19.7. The third-order valence-corrected chi connectivity index (χ3v) is 3.54. The molecule has 0 saturated carbocycles. The molecule has 0 bridgehead atoms. The SMILES string of the molecule is COC(=O)CCc1cccc(NC(=O)OC(C)(C)C)c1CCC(=O)OC. The average Bonchev–Trinajstić information content (AvgIpc) is 2.56. The van der Waals surface area contributed by atoms with Crippen molar-refractivity contribution in [2.24, 2.45) is 0 Å². The van der Waals surface area contributed by atoms with Crippen LogP contribution in [0, 0.1) is 0 Å². The van der Waals surface area contributed by atoms with Gasteiger partial charge < -0.3 is 14.2 Å². The van der Waals surface area contributed by atoms with E-state index < -0.39 is 11.7 Å². The van der Waals surface area contributed by atoms with Crippen LogP contribution in [0.3, 0.4) is 0 Å². The number of amides is 1. The number of nitrogens with one attached hydrogen (secondary N) is 1. The molecule has 144 valence electrons. The molecule has 1 rings (SSSR count). The van der Waals surface area contributed by atoms with Gasteiger partial charge >= 0.3 is 18.0 Å². The predicted molar refractivity (Wildman–Crippen MR) is 97.0 cm³/mol. The van der Waals surface area contributed by atoms with Crippen molar-refractivity contribution in [2.45, 2.75) is 52.1 Å². The van der Waals surface area contributed by atoms with Crippen molar-refractivity contribution in [3.05, 3.63) is 29.3 Å². The van der Waals surface area contributed by atoms with Gasteiger partial charge in [-0.3, -0.25) is 14.9 Å². The zero-order valence-electron chi connectivity index (χ0n) is 16.0. The molecule has 0 fully saturated rings. The summed E-state index contributed by atoms with van der Waals surface area (Å²) >= 11 is 0. The van der Waals surface area contributed by atoms with Crippen LogP contribution in [0.1, 0.15) is 44.7 Å². The monoisotopic (exact) mass is 365 g/mol. The number of anilines is 1. The molecule has 0 aliphatic carbocycles. The minimum Gasteiger partial charge on any atom is -0.469 e. The van der Waals surface area contributed by atoms with Gasteiger partial charge in [0.1, 0.15) is 5.60 Å². The molecule has 0 atom stereocenters. The molecule has 7 heteroatoms. The van der Waals surface area contributed by atoms with Crippen molar-refractivity contribution >= 4 is 23.7 Å². The van der Waals surface area contributed by atoms with Crippen LogP contribution in [0.4, 0.5) is 10.5 Å². The Morgan fingerprint density at radius 2 is 1.54 bits per heavy atom. The Kier molecular flexibility index (Phi) is 8.09. The third-order valence-electron chi connectivity index (χ3n) is 3.54. The molecule has 1 amide bonds. The molecule has 0 heterocycles. The quantitative estimate of drug-likeness (QED) is 0.589. The Hall–Kier alpha value is -2.57. The highest BCUT2D eigenvalue weighted by atomic mass is 16.6. The number of rotatable bonds is 7. The van der Waals surface area contributed by atoms with Gasteiger partial charge in [0.25, 0.3) is 0 Å². The first-order chi connectivity index (χ1) is 12.2. The fraction of sp³-hybridized carbons (Fsp3) is 0.526. The van der Waals surface area contributed by atoms with E-state index >= 15 is 0 Å². The Morgan fingerprint density at radius 1 is 0.962 bits per heavy atom. The Labute approximate surface area is 154 Å². The maximum absolute atomic E-state index is 12.1. The van der Waals surface area contributed by atoms with Crippen molar-refractivity contribution in [1.29, 1.82) is 0 Å². The van der Waals surface area contributed by atoms with Crippen LogP contribution in [-0.2, 0) is 36.6 Å². The number of hydrogen-bond donors (Lipinski definition) is 1. The van der Waals surface area contributed by atoms with Crippen LogP contribution in [0.25, 0.3) is 0 Å². The fourth-order valence-electron chi connectivity index (χ4n) is 2.36. The van der Waals surface area contributed by atoms with Gasteiger partial charge in [-0.05, 0) is 50.8 Å². The van der Waals surface area contributed by atoms with E-state index in [1.807, 2.05) is 6.07 Å². The lowest BCUT2D eigenvalue weighted by molar-refractivity contribution is -0.141. The number of methoxy groups -OCH3 is 2. The molecule has 7 nitrogen and oxygen atoms in total. The van der Waals surface area contributed by atoms with Crippen LogP contribution < -0.4 is 5.32 Å². The van der Waals surface area contributed by atoms with Crippen LogP contribution in [0.5, 0.6) is 0 Å². The Bertz CT molecular complexity index is 648. The smallest absolute Gasteiger partial charge is 0.412 e. The zero-order valence-corrected chi connectivity index (χ0v) is 16.0. The average molecular weight is 365 g/mol. The maximum Gasteiger partial charge on any atom is 0.412 e. The second-order valence-electron chi connectivity index (χ2n) is 6.72. The van der Waals surface area contributed by atoms with Crippen LogP contribution in [-0.4, -0.2) is 37.9 Å². The van der Waals surface area contributed by atoms with E-state index in [0.717, 1.165) is 11.1 Å². The molecular formula is C19H27NO6. The Balaban J connectivity index is 3.03. The number of esters is 2. The van der Waals surface area contributed by atoms with E-state index in [2.05, 4.69) is 14.8 Å². The molecule has 0 aliphatic heterocycles. The minimum atomic E-state index is -0.626. The van der Waals surface area contributed by atoms with Crippen molar-refractivity contribution in [1.82, 2.24) is 0 Å². The summed E-state index contributed by atoms with van der Waals surface area (Å²) in [4.78, 5) is 35.1. The first-order valence-electron chi connectivity index (χ1n) is 8.40. The molecule has 1 aromatic rings. The van der Waals surface area contributed by atoms with Gasteiger partial charge in [-0.25, -0.2) is 4.79 Å². The molecule has 1 N–H and O–H groups in total. The van der Waals surface area contributed by atoms with Crippen molar-refractivity contribution < 1.29 is 28.6 Å². The summed E-state index contributed by atoms with van der Waals surface area (Å²) in [7, 11) is 2.66. The summed E-state index contributed by atoms with van der Waals surface area (Å²) < 4.78 is 14.6. The fourth-order valence-corrected chi connectivity index (χ4v) is 2.36. The molecule has 0 saturated heterocycles. The molecule has 0 radical (unpaired) electrons. The van der Waals surface area contributed by atoms with Gasteiger partial charge in [0, 0.05) is 18.5 Å². The summed E-state index contributed by atoms with van der Waals surface area (Å²) in [5, 5.41) is 2.72. The summed E-state index contributed by atoms with van der Waals surface area (Å²) in [6, 6.07) is 5.37. The topological polar surface area (TPSA) is 90.9 Å². The summed E-state index contributed by atoms with van der Waals surface area (Å²) in [6.45, 7) is 5.33. The van der Waals surface area contributed by atoms with Crippen LogP contribution in [0.15, 0.2) is 18.2 Å². The molecule has 0 unspecified atom stereocenters. The first-order valence-corrected chi connectivity index (χ1v) is 8.40. The standard InChI is InChI=1S/C19H27NO6/c1-19(2,3)26-18(23)20-15-8-6-7-13(9-11-16(21)24-4)14(15)10-12-17(22)25-5/h6-8H,9-12H2,1-5H3,(H,20,23). The van der Waals surface area contributed by atoms with E-state index in [9.17, 15) is 14.4 Å². The van der Waals surface area contributed by atoms with Gasteiger partial charge in [-0.1, -0.05) is 12.1 Å². The number of aryl methyl sites for hydroxylation is 1. The first kappa shape index (κ1) is 21.5. The number of benzene rings is 1. The van der Waals surface area contributed by atoms with Gasteiger partial charge in [0.2, 0.25) is 0 Å². The van der Waals surface area contributed by atoms with Crippen molar-refractivity contribution in [3.8, 4) is 0 Å². The third kappa shape index (κ3) is 7.55. The van der Waals surface area contributed by atoms with E-state index in [1.54, 1.807) is 32.9 Å². The van der Waals surface area contributed by atoms with Gasteiger partial charge in [0.05, 0.1) is 14.2 Å². The normalized spacial score (nSPS) is 10.8. The molecule has 0 aliphatic rings. The lowest BCUT2D eigenvalue weighted by Crippen LogP contribution is -2.27. The lowest BCUT2D eigenvalue weighted by atomic mass is 9.97. The van der Waals surface area contributed by atoms with Gasteiger partial charge in [-0.2, -0.15) is 0 Å². The minimum absolute atomic E-state index is 0.161. The second-order valence-corrected chi connectivity index (χ2v) is 6.72. The largest absolute Gasteiger partial charge is 0.469 e. The highest BCUT2D eigenvalue weighted by molar-refractivity contribution is 5.86. The number of ether oxygens (including phenoxy) is 3.